The lowest BCUT2D eigenvalue weighted by atomic mass is 10.3. The van der Waals surface area contributed by atoms with Crippen molar-refractivity contribution in [3.05, 3.63) is 83.4 Å². The first kappa shape index (κ1) is 36.6. The van der Waals surface area contributed by atoms with Crippen LogP contribution in [0.2, 0.25) is 0 Å². The highest BCUT2D eigenvalue weighted by molar-refractivity contribution is 6.43. The predicted molar refractivity (Wildman–Crippen MR) is 191 cm³/mol. The number of anilines is 4. The number of rotatable bonds is 14. The lowest BCUT2D eigenvalue weighted by molar-refractivity contribution is -0.112. The molecule has 4 aromatic heterocycles. The zero-order valence-electron chi connectivity index (χ0n) is 28.0. The van der Waals surface area contributed by atoms with E-state index in [0.29, 0.717) is 54.4 Å². The second kappa shape index (κ2) is 15.8. The van der Waals surface area contributed by atoms with Gasteiger partial charge in [-0.1, -0.05) is 18.2 Å². The van der Waals surface area contributed by atoms with E-state index in [0.717, 1.165) is 0 Å². The number of amides is 5. The van der Waals surface area contributed by atoms with Gasteiger partial charge in [0.2, 0.25) is 0 Å². The zero-order valence-corrected chi connectivity index (χ0v) is 28.7. The van der Waals surface area contributed by atoms with Crippen molar-refractivity contribution in [2.75, 3.05) is 34.4 Å². The summed E-state index contributed by atoms with van der Waals surface area (Å²) >= 11 is 5.62. The molecule has 0 fully saturated rings. The first-order valence-electron chi connectivity index (χ1n) is 15.2. The average molecular weight is 707 g/mol. The van der Waals surface area contributed by atoms with Crippen molar-refractivity contribution in [3.63, 3.8) is 0 Å². The maximum absolute atomic E-state index is 13.2. The molecule has 0 saturated carbocycles. The lowest BCUT2D eigenvalue weighted by Crippen LogP contribution is -2.26. The number of aromatic nitrogens is 4. The van der Waals surface area contributed by atoms with Gasteiger partial charge in [0, 0.05) is 66.1 Å². The minimum Gasteiger partial charge on any atom is -0.370 e. The van der Waals surface area contributed by atoms with Crippen LogP contribution in [-0.2, 0) is 33.0 Å². The Labute approximate surface area is 292 Å². The summed E-state index contributed by atoms with van der Waals surface area (Å²) < 4.78 is 6.23. The van der Waals surface area contributed by atoms with E-state index in [1.54, 1.807) is 72.7 Å². The number of nitrogens with two attached hydrogens (primary N) is 2. The number of aliphatic imine (C=N–C) groups is 1. The van der Waals surface area contributed by atoms with Crippen molar-refractivity contribution in [3.8, 4) is 0 Å². The number of unbranched alkanes of at least 4 members (excludes halogenated alkanes) is 1. The van der Waals surface area contributed by atoms with Gasteiger partial charge < -0.3 is 56.3 Å². The van der Waals surface area contributed by atoms with E-state index in [1.165, 1.54) is 22.8 Å². The topological polar surface area (TPSA) is 230 Å². The quantitative estimate of drug-likeness (QED) is 0.0447. The summed E-state index contributed by atoms with van der Waals surface area (Å²) in [4.78, 5) is 67.7. The second-order valence-corrected chi connectivity index (χ2v) is 11.8. The Kier molecular flexibility index (Phi) is 11.6. The molecule has 264 valence electrons. The Bertz CT molecular complexity index is 1990. The maximum atomic E-state index is 13.2. The van der Waals surface area contributed by atoms with Crippen molar-refractivity contribution in [2.45, 2.75) is 12.8 Å². The molecule has 5 amide bonds. The maximum Gasteiger partial charge on any atom is 0.272 e. The van der Waals surface area contributed by atoms with E-state index < -0.39 is 23.6 Å². The first-order chi connectivity index (χ1) is 23.6. The van der Waals surface area contributed by atoms with Gasteiger partial charge in [-0.05, 0) is 37.1 Å². The molecular formula is C32H39ClN12O5. The third kappa shape index (κ3) is 9.22. The number of hydrogen-bond donors (Lipinski definition) is 7. The third-order valence-corrected chi connectivity index (χ3v) is 7.56. The van der Waals surface area contributed by atoms with Crippen molar-refractivity contribution in [1.82, 2.24) is 23.6 Å². The van der Waals surface area contributed by atoms with Gasteiger partial charge >= 0.3 is 0 Å². The highest BCUT2D eigenvalue weighted by Crippen LogP contribution is 2.21. The average Bonchev–Trinajstić information content (AvgIpc) is 3.79. The van der Waals surface area contributed by atoms with Gasteiger partial charge in [-0.2, -0.15) is 0 Å². The highest BCUT2D eigenvalue weighted by Gasteiger charge is 2.20. The van der Waals surface area contributed by atoms with Gasteiger partial charge in [-0.25, -0.2) is 0 Å². The van der Waals surface area contributed by atoms with Gasteiger partial charge in [0.1, 0.15) is 22.8 Å². The number of carbonyl (C=O) groups excluding carboxylic acids is 5. The van der Waals surface area contributed by atoms with Crippen LogP contribution in [0.4, 0.5) is 22.7 Å². The summed E-state index contributed by atoms with van der Waals surface area (Å²) in [6.45, 7) is 4.28. The number of nitrogens with one attached hydrogen (secondary N) is 5. The molecule has 0 aromatic carbocycles. The van der Waals surface area contributed by atoms with Crippen LogP contribution in [0.15, 0.2) is 65.7 Å². The van der Waals surface area contributed by atoms with Crippen LogP contribution in [0.5, 0.6) is 0 Å². The van der Waals surface area contributed by atoms with Gasteiger partial charge in [0.25, 0.3) is 29.5 Å². The van der Waals surface area contributed by atoms with Crippen LogP contribution in [-0.4, -0.2) is 66.9 Å². The molecule has 4 heterocycles. The number of halogens is 1. The normalized spacial score (nSPS) is 10.7. The molecule has 17 nitrogen and oxygen atoms in total. The van der Waals surface area contributed by atoms with E-state index in [9.17, 15) is 24.0 Å². The van der Waals surface area contributed by atoms with Crippen molar-refractivity contribution < 1.29 is 24.0 Å². The van der Waals surface area contributed by atoms with Crippen molar-refractivity contribution >= 4 is 69.8 Å². The number of guanidine groups is 1. The molecule has 0 radical (unpaired) electrons. The lowest BCUT2D eigenvalue weighted by Gasteiger charge is -2.05. The molecule has 9 N–H and O–H groups in total. The van der Waals surface area contributed by atoms with Crippen LogP contribution in [0.25, 0.3) is 0 Å². The predicted octanol–water partition coefficient (Wildman–Crippen LogP) is 2.27. The van der Waals surface area contributed by atoms with Crippen LogP contribution < -0.4 is 38.1 Å². The van der Waals surface area contributed by atoms with Gasteiger partial charge in [0.05, 0.1) is 27.8 Å². The van der Waals surface area contributed by atoms with E-state index in [2.05, 4.69) is 38.2 Å². The first-order valence-corrected chi connectivity index (χ1v) is 15.6. The summed E-state index contributed by atoms with van der Waals surface area (Å²) in [6.07, 6.45) is 7.73. The van der Waals surface area contributed by atoms with Crippen molar-refractivity contribution in [2.24, 2.45) is 44.7 Å². The fourth-order valence-corrected chi connectivity index (χ4v) is 5.00. The van der Waals surface area contributed by atoms with E-state index in [-0.39, 0.29) is 34.0 Å². The molecule has 0 aliphatic carbocycles. The number of hydrogen-bond acceptors (Lipinski definition) is 6. The summed E-state index contributed by atoms with van der Waals surface area (Å²) in [7, 11) is 6.63. The molecule has 0 aliphatic heterocycles. The Balaban J connectivity index is 1.34. The molecule has 0 bridgehead atoms. The molecule has 0 aliphatic rings. The second-order valence-electron chi connectivity index (χ2n) is 11.4. The molecular weight excluding hydrogens is 668 g/mol. The van der Waals surface area contributed by atoms with Gasteiger partial charge in [0.15, 0.2) is 5.96 Å². The van der Waals surface area contributed by atoms with Crippen LogP contribution in [0, 0.1) is 0 Å². The molecule has 0 saturated heterocycles. The largest absolute Gasteiger partial charge is 0.370 e. The van der Waals surface area contributed by atoms with Crippen LogP contribution >= 0.6 is 11.6 Å². The summed E-state index contributed by atoms with van der Waals surface area (Å²) in [5.41, 5.74) is 13.2. The van der Waals surface area contributed by atoms with E-state index in [4.69, 9.17) is 23.1 Å². The highest BCUT2D eigenvalue weighted by atomic mass is 35.5. The molecule has 50 heavy (non-hydrogen) atoms. The fraction of sp³-hybridized carbons (Fsp3) is 0.250. The van der Waals surface area contributed by atoms with Crippen LogP contribution in [0.3, 0.4) is 0 Å². The SMILES string of the molecule is C=C(Cl)C(=O)Nc1cc(C(=O)Nc2cc(C(=O)Nc3cc(C(=O)Nc4cc(C(=O)NCCCCN=C(N)N)n(C)c4)n(C)c3)n(C)c2)n(C)c1. The molecule has 0 unspecified atom stereocenters. The van der Waals surface area contributed by atoms with Crippen LogP contribution in [0.1, 0.15) is 54.8 Å². The summed E-state index contributed by atoms with van der Waals surface area (Å²) in [6, 6.07) is 6.06. The molecule has 4 rings (SSSR count). The van der Waals surface area contributed by atoms with E-state index in [1.807, 2.05) is 0 Å². The third-order valence-electron chi connectivity index (χ3n) is 7.39. The van der Waals surface area contributed by atoms with Gasteiger partial charge in [-0.3, -0.25) is 29.0 Å². The number of nitrogens with zero attached hydrogens (tertiary/aromatic N) is 5. The molecule has 0 atom stereocenters. The smallest absolute Gasteiger partial charge is 0.272 e. The van der Waals surface area contributed by atoms with Crippen molar-refractivity contribution in [1.29, 1.82) is 0 Å². The molecule has 4 aromatic rings. The standard InChI is InChI=1S/C32H39ClN12O5/c1-18(33)27(46)38-19-11-24(43(3)14-19)29(48)40-21-13-26(45(5)16-21)31(50)41-22-12-25(44(4)17-22)30(49)39-20-10-23(42(2)15-20)28(47)36-8-6-7-9-37-32(34)35/h10-17H,1,6-9H2,2-5H3,(H,36,47)(H,38,46)(H,39,49)(H,40,48)(H,41,50)(H4,34,35,37). The van der Waals surface area contributed by atoms with Gasteiger partial charge in [-0.15, -0.1) is 0 Å². The minimum atomic E-state index is -0.592. The molecule has 0 spiro atoms. The molecule has 18 heteroatoms. The Morgan fingerprint density at radius 1 is 0.640 bits per heavy atom. The monoisotopic (exact) mass is 706 g/mol. The Morgan fingerprint density at radius 2 is 1.00 bits per heavy atom. The zero-order chi connectivity index (χ0) is 36.7. The number of carbonyl (C=O) groups is 5. The number of aryl methyl sites for hydroxylation is 4. The van der Waals surface area contributed by atoms with E-state index >= 15 is 0 Å². The summed E-state index contributed by atoms with van der Waals surface area (Å²) in [5, 5.41) is 13.5. The minimum absolute atomic E-state index is 0.0278. The fourth-order valence-electron chi connectivity index (χ4n) is 4.96. The summed E-state index contributed by atoms with van der Waals surface area (Å²) in [5.74, 6) is -2.27. The Hall–Kier alpha value is -6.23. The Morgan fingerprint density at radius 3 is 1.36 bits per heavy atom.